The third kappa shape index (κ3) is 3.50. The summed E-state index contributed by atoms with van der Waals surface area (Å²) in [5.74, 6) is -1.18. The molecule has 3 aromatic rings. The van der Waals surface area contributed by atoms with Crippen LogP contribution in [0.4, 0.5) is 5.69 Å². The lowest BCUT2D eigenvalue weighted by Crippen LogP contribution is -2.24. The number of aromatic amines is 1. The van der Waals surface area contributed by atoms with E-state index in [1.807, 2.05) is 12.1 Å². The quantitative estimate of drug-likeness (QED) is 0.308. The van der Waals surface area contributed by atoms with E-state index < -0.39 is 17.0 Å². The van der Waals surface area contributed by atoms with Gasteiger partial charge in [-0.05, 0) is 25.1 Å². The van der Waals surface area contributed by atoms with E-state index in [4.69, 9.17) is 9.47 Å². The number of nitro groups is 1. The fraction of sp³-hybridized carbons (Fsp3) is 0.158. The number of hydrogen-bond acceptors (Lipinski definition) is 6. The molecule has 0 saturated carbocycles. The van der Waals surface area contributed by atoms with E-state index in [1.54, 1.807) is 18.3 Å². The Hall–Kier alpha value is -3.68. The number of nitrogens with zero attached hydrogens (tertiary/aromatic N) is 1. The summed E-state index contributed by atoms with van der Waals surface area (Å²) in [5, 5.41) is 11.8. The van der Waals surface area contributed by atoms with E-state index in [1.165, 1.54) is 26.2 Å². The number of Topliss-reactive ketones (excluding diaryl/α,β-unsaturated/α-hetero) is 1. The van der Waals surface area contributed by atoms with Crippen LogP contribution in [0.1, 0.15) is 27.6 Å². The van der Waals surface area contributed by atoms with Crippen LogP contribution in [0.3, 0.4) is 0 Å². The number of fused-ring (bicyclic) bond motifs is 1. The average Bonchev–Trinajstić information content (AvgIpc) is 3.10. The van der Waals surface area contributed by atoms with Crippen LogP contribution >= 0.6 is 0 Å². The molecule has 27 heavy (non-hydrogen) atoms. The lowest BCUT2D eigenvalue weighted by atomic mass is 10.1. The summed E-state index contributed by atoms with van der Waals surface area (Å²) in [7, 11) is 1.29. The number of hydrogen-bond donors (Lipinski definition) is 1. The minimum absolute atomic E-state index is 0.0273. The zero-order valence-corrected chi connectivity index (χ0v) is 14.6. The second-order valence-electron chi connectivity index (χ2n) is 5.80. The van der Waals surface area contributed by atoms with Gasteiger partial charge in [-0.2, -0.15) is 0 Å². The monoisotopic (exact) mass is 368 g/mol. The van der Waals surface area contributed by atoms with Crippen molar-refractivity contribution in [3.8, 4) is 5.75 Å². The minimum atomic E-state index is -1.06. The Morgan fingerprint density at radius 2 is 1.93 bits per heavy atom. The van der Waals surface area contributed by atoms with Gasteiger partial charge in [-0.3, -0.25) is 14.9 Å². The first-order chi connectivity index (χ1) is 12.9. The van der Waals surface area contributed by atoms with E-state index in [2.05, 4.69) is 4.98 Å². The van der Waals surface area contributed by atoms with E-state index >= 15 is 0 Å². The van der Waals surface area contributed by atoms with Gasteiger partial charge in [0.15, 0.2) is 11.9 Å². The maximum atomic E-state index is 12.6. The fourth-order valence-corrected chi connectivity index (χ4v) is 2.74. The second-order valence-corrected chi connectivity index (χ2v) is 5.80. The molecule has 0 saturated heterocycles. The van der Waals surface area contributed by atoms with Crippen LogP contribution in [0.15, 0.2) is 48.7 Å². The van der Waals surface area contributed by atoms with E-state index in [0.29, 0.717) is 5.56 Å². The number of aromatic nitrogens is 1. The topological polar surface area (TPSA) is 112 Å². The third-order valence-electron chi connectivity index (χ3n) is 4.12. The SMILES string of the molecule is COc1ccc(C(=O)O[C@@H](C)C(=O)c2c[nH]c3ccccc23)cc1[N+](=O)[O-]. The van der Waals surface area contributed by atoms with Gasteiger partial charge in [-0.25, -0.2) is 4.79 Å². The zero-order chi connectivity index (χ0) is 19.6. The molecule has 0 fully saturated rings. The number of ketones is 1. The molecule has 0 radical (unpaired) electrons. The van der Waals surface area contributed by atoms with E-state index in [9.17, 15) is 19.7 Å². The summed E-state index contributed by atoms with van der Waals surface area (Å²) in [5.41, 5.74) is 0.806. The Morgan fingerprint density at radius 3 is 2.63 bits per heavy atom. The summed E-state index contributed by atoms with van der Waals surface area (Å²) in [4.78, 5) is 38.4. The Balaban J connectivity index is 1.80. The molecule has 0 unspecified atom stereocenters. The molecule has 1 atom stereocenters. The van der Waals surface area contributed by atoms with Crippen molar-refractivity contribution in [2.75, 3.05) is 7.11 Å². The van der Waals surface area contributed by atoms with Gasteiger partial charge in [0, 0.05) is 28.7 Å². The number of rotatable bonds is 6. The molecule has 8 nitrogen and oxygen atoms in total. The standard InChI is InChI=1S/C19H16N2O6/c1-11(18(22)14-10-20-15-6-4-3-5-13(14)15)27-19(23)12-7-8-17(26-2)16(9-12)21(24)25/h3-11,20H,1-2H3/t11-/m0/s1. The van der Waals surface area contributed by atoms with Gasteiger partial charge in [0.25, 0.3) is 0 Å². The highest BCUT2D eigenvalue weighted by atomic mass is 16.6. The summed E-state index contributed by atoms with van der Waals surface area (Å²) in [6.07, 6.45) is 0.508. The molecule has 3 rings (SSSR count). The number of para-hydroxylation sites is 1. The molecule has 8 heteroatoms. The fourth-order valence-electron chi connectivity index (χ4n) is 2.74. The molecule has 0 aliphatic rings. The van der Waals surface area contributed by atoms with Gasteiger partial charge >= 0.3 is 11.7 Å². The molecular weight excluding hydrogens is 352 g/mol. The van der Waals surface area contributed by atoms with Crippen LogP contribution in [0.2, 0.25) is 0 Å². The van der Waals surface area contributed by atoms with Gasteiger partial charge in [0.05, 0.1) is 17.6 Å². The average molecular weight is 368 g/mol. The number of carbonyl (C=O) groups is 2. The van der Waals surface area contributed by atoms with Gasteiger partial charge < -0.3 is 14.5 Å². The number of carbonyl (C=O) groups excluding carboxylic acids is 2. The highest BCUT2D eigenvalue weighted by molar-refractivity contribution is 6.10. The van der Waals surface area contributed by atoms with Crippen molar-refractivity contribution in [3.63, 3.8) is 0 Å². The number of methoxy groups -OCH3 is 1. The molecule has 138 valence electrons. The number of nitro benzene ring substituents is 1. The summed E-state index contributed by atoms with van der Waals surface area (Å²) in [6, 6.07) is 11.0. The third-order valence-corrected chi connectivity index (χ3v) is 4.12. The molecule has 1 heterocycles. The molecule has 0 aliphatic heterocycles. The van der Waals surface area contributed by atoms with Crippen molar-refractivity contribution >= 4 is 28.3 Å². The molecular formula is C19H16N2O6. The Morgan fingerprint density at radius 1 is 1.19 bits per heavy atom. The second kappa shape index (κ2) is 7.28. The van der Waals surface area contributed by atoms with E-state index in [-0.39, 0.29) is 22.8 Å². The molecule has 0 spiro atoms. The number of esters is 1. The van der Waals surface area contributed by atoms with Gasteiger partial charge in [-0.15, -0.1) is 0 Å². The van der Waals surface area contributed by atoms with Gasteiger partial charge in [0.2, 0.25) is 5.78 Å². The Bertz CT molecular complexity index is 1040. The molecule has 1 aromatic heterocycles. The molecule has 0 amide bonds. The smallest absolute Gasteiger partial charge is 0.339 e. The number of ether oxygens (including phenoxy) is 2. The predicted octanol–water partition coefficient (Wildman–Crippen LogP) is 3.51. The van der Waals surface area contributed by atoms with Crippen molar-refractivity contribution in [2.45, 2.75) is 13.0 Å². The van der Waals surface area contributed by atoms with Gasteiger partial charge in [-0.1, -0.05) is 18.2 Å². The van der Waals surface area contributed by atoms with E-state index in [0.717, 1.165) is 17.0 Å². The molecule has 2 aromatic carbocycles. The largest absolute Gasteiger partial charge is 0.490 e. The van der Waals surface area contributed by atoms with Crippen molar-refractivity contribution in [1.29, 1.82) is 0 Å². The number of H-pyrrole nitrogens is 1. The summed E-state index contributed by atoms with van der Waals surface area (Å²) in [6.45, 7) is 1.46. The normalized spacial score (nSPS) is 11.8. The maximum Gasteiger partial charge on any atom is 0.339 e. The van der Waals surface area contributed by atoms with Crippen molar-refractivity contribution in [3.05, 3.63) is 69.9 Å². The first-order valence-electron chi connectivity index (χ1n) is 8.06. The minimum Gasteiger partial charge on any atom is -0.490 e. The van der Waals surface area contributed by atoms with Crippen molar-refractivity contribution < 1.29 is 24.0 Å². The number of benzene rings is 2. The molecule has 0 aliphatic carbocycles. The van der Waals surface area contributed by atoms with Crippen LogP contribution in [-0.4, -0.2) is 34.9 Å². The molecule has 0 bridgehead atoms. The van der Waals surface area contributed by atoms with Crippen LogP contribution < -0.4 is 4.74 Å². The lowest BCUT2D eigenvalue weighted by molar-refractivity contribution is -0.385. The predicted molar refractivity (Wildman–Crippen MR) is 97.2 cm³/mol. The highest BCUT2D eigenvalue weighted by Gasteiger charge is 2.24. The van der Waals surface area contributed by atoms with Crippen molar-refractivity contribution in [1.82, 2.24) is 4.98 Å². The van der Waals surface area contributed by atoms with Crippen molar-refractivity contribution in [2.24, 2.45) is 0 Å². The summed E-state index contributed by atoms with van der Waals surface area (Å²) < 4.78 is 10.1. The highest BCUT2D eigenvalue weighted by Crippen LogP contribution is 2.28. The first-order valence-corrected chi connectivity index (χ1v) is 8.06. The maximum absolute atomic E-state index is 12.6. The first kappa shape index (κ1) is 18.1. The summed E-state index contributed by atoms with van der Waals surface area (Å²) >= 11 is 0. The van der Waals surface area contributed by atoms with Crippen LogP contribution in [0, 0.1) is 10.1 Å². The Kier molecular flexibility index (Phi) is 4.89. The van der Waals surface area contributed by atoms with Crippen LogP contribution in [-0.2, 0) is 4.74 Å². The molecule has 1 N–H and O–H groups in total. The lowest BCUT2D eigenvalue weighted by Gasteiger charge is -2.12. The Labute approximate surface area is 153 Å². The van der Waals surface area contributed by atoms with Crippen LogP contribution in [0.5, 0.6) is 5.75 Å². The number of nitrogens with one attached hydrogen (secondary N) is 1. The van der Waals surface area contributed by atoms with Gasteiger partial charge in [0.1, 0.15) is 0 Å². The zero-order valence-electron chi connectivity index (χ0n) is 14.6. The van der Waals surface area contributed by atoms with Crippen LogP contribution in [0.25, 0.3) is 10.9 Å².